The molecule has 4 heteroatoms. The molecule has 0 radical (unpaired) electrons. The number of halogens is 1. The number of rotatable bonds is 5. The topological polar surface area (TPSA) is 34.4 Å². The van der Waals surface area contributed by atoms with E-state index in [2.05, 4.69) is 33.4 Å². The molecule has 2 heterocycles. The van der Waals surface area contributed by atoms with E-state index in [1.165, 1.54) is 11.1 Å². The lowest BCUT2D eigenvalue weighted by Crippen LogP contribution is -2.17. The zero-order chi connectivity index (χ0) is 13.1. The number of nitrogens with one attached hydrogen (secondary N) is 1. The molecule has 3 rings (SSSR count). The number of ether oxygens (including phenoxy) is 1. The summed E-state index contributed by atoms with van der Waals surface area (Å²) in [6, 6.07) is 8.20. The van der Waals surface area contributed by atoms with E-state index in [0.29, 0.717) is 0 Å². The van der Waals surface area contributed by atoms with Crippen molar-refractivity contribution < 1.29 is 9.15 Å². The molecule has 0 fully saturated rings. The molecule has 0 saturated carbocycles. The third-order valence-corrected chi connectivity index (χ3v) is 3.73. The summed E-state index contributed by atoms with van der Waals surface area (Å²) >= 11 is 3.56. The lowest BCUT2D eigenvalue weighted by molar-refractivity contribution is 0.352. The SMILES string of the molecule is Brc1cc2c(c(CNCCc3ccco3)c1)OCC2. The zero-order valence-corrected chi connectivity index (χ0v) is 12.2. The van der Waals surface area contributed by atoms with Crippen LogP contribution in [0.15, 0.2) is 39.4 Å². The van der Waals surface area contributed by atoms with Crippen molar-refractivity contribution >= 4 is 15.9 Å². The van der Waals surface area contributed by atoms with Crippen molar-refractivity contribution in [3.05, 3.63) is 51.9 Å². The van der Waals surface area contributed by atoms with Crippen LogP contribution in [0.3, 0.4) is 0 Å². The third-order valence-electron chi connectivity index (χ3n) is 3.27. The van der Waals surface area contributed by atoms with Gasteiger partial charge in [0.25, 0.3) is 0 Å². The Bertz CT molecular complexity index is 552. The lowest BCUT2D eigenvalue weighted by atomic mass is 10.1. The monoisotopic (exact) mass is 321 g/mol. The Morgan fingerprint density at radius 2 is 2.26 bits per heavy atom. The van der Waals surface area contributed by atoms with Crippen LogP contribution in [0.2, 0.25) is 0 Å². The second-order valence-corrected chi connectivity index (χ2v) is 5.57. The second-order valence-electron chi connectivity index (χ2n) is 4.66. The minimum atomic E-state index is 0.797. The van der Waals surface area contributed by atoms with Crippen LogP contribution in [-0.2, 0) is 19.4 Å². The summed E-state index contributed by atoms with van der Waals surface area (Å²) in [6.45, 7) is 2.52. The molecule has 0 unspecified atom stereocenters. The molecule has 1 aromatic carbocycles. The van der Waals surface area contributed by atoms with Crippen LogP contribution in [0, 0.1) is 0 Å². The van der Waals surface area contributed by atoms with Gasteiger partial charge < -0.3 is 14.5 Å². The molecular weight excluding hydrogens is 306 g/mol. The van der Waals surface area contributed by atoms with E-state index < -0.39 is 0 Å². The Kier molecular flexibility index (Phi) is 3.89. The summed E-state index contributed by atoms with van der Waals surface area (Å²) in [5.41, 5.74) is 2.53. The minimum Gasteiger partial charge on any atom is -0.493 e. The molecule has 1 aliphatic heterocycles. The van der Waals surface area contributed by atoms with Gasteiger partial charge in [-0.1, -0.05) is 15.9 Å². The van der Waals surface area contributed by atoms with Crippen LogP contribution in [0.4, 0.5) is 0 Å². The number of benzene rings is 1. The maximum absolute atomic E-state index is 5.71. The molecule has 100 valence electrons. The lowest BCUT2D eigenvalue weighted by Gasteiger charge is -2.10. The number of hydrogen-bond donors (Lipinski definition) is 1. The molecule has 1 N–H and O–H groups in total. The largest absolute Gasteiger partial charge is 0.493 e. The first kappa shape index (κ1) is 12.8. The maximum atomic E-state index is 5.71. The highest BCUT2D eigenvalue weighted by Crippen LogP contribution is 2.32. The summed E-state index contributed by atoms with van der Waals surface area (Å²) in [6.07, 6.45) is 3.63. The Morgan fingerprint density at radius 1 is 1.32 bits per heavy atom. The van der Waals surface area contributed by atoms with E-state index in [-0.39, 0.29) is 0 Å². The number of fused-ring (bicyclic) bond motifs is 1. The van der Waals surface area contributed by atoms with E-state index >= 15 is 0 Å². The molecule has 1 aliphatic rings. The fraction of sp³-hybridized carbons (Fsp3) is 0.333. The van der Waals surface area contributed by atoms with Crippen LogP contribution in [-0.4, -0.2) is 13.2 Å². The molecule has 0 spiro atoms. The Balaban J connectivity index is 1.58. The highest BCUT2D eigenvalue weighted by Gasteiger charge is 2.16. The van der Waals surface area contributed by atoms with Crippen molar-refractivity contribution in [1.29, 1.82) is 0 Å². The molecule has 3 nitrogen and oxygen atoms in total. The maximum Gasteiger partial charge on any atom is 0.127 e. The van der Waals surface area contributed by atoms with Gasteiger partial charge in [-0.2, -0.15) is 0 Å². The molecule has 19 heavy (non-hydrogen) atoms. The van der Waals surface area contributed by atoms with Gasteiger partial charge in [-0.05, 0) is 29.8 Å². The summed E-state index contributed by atoms with van der Waals surface area (Å²) in [7, 11) is 0. The Hall–Kier alpha value is -1.26. The summed E-state index contributed by atoms with van der Waals surface area (Å²) in [5.74, 6) is 2.08. The third kappa shape index (κ3) is 3.01. The minimum absolute atomic E-state index is 0.797. The van der Waals surface area contributed by atoms with Crippen molar-refractivity contribution in [2.45, 2.75) is 19.4 Å². The zero-order valence-electron chi connectivity index (χ0n) is 10.6. The van der Waals surface area contributed by atoms with E-state index in [9.17, 15) is 0 Å². The molecule has 0 aliphatic carbocycles. The van der Waals surface area contributed by atoms with Gasteiger partial charge in [-0.3, -0.25) is 0 Å². The van der Waals surface area contributed by atoms with Crippen LogP contribution in [0.5, 0.6) is 5.75 Å². The van der Waals surface area contributed by atoms with Gasteiger partial charge in [0.05, 0.1) is 12.9 Å². The number of hydrogen-bond acceptors (Lipinski definition) is 3. The van der Waals surface area contributed by atoms with Crippen molar-refractivity contribution in [2.24, 2.45) is 0 Å². The van der Waals surface area contributed by atoms with E-state index in [4.69, 9.17) is 9.15 Å². The number of furan rings is 1. The highest BCUT2D eigenvalue weighted by atomic mass is 79.9. The molecule has 2 aromatic rings. The first-order valence-corrected chi connectivity index (χ1v) is 7.29. The van der Waals surface area contributed by atoms with Crippen molar-refractivity contribution in [3.63, 3.8) is 0 Å². The predicted molar refractivity (Wildman–Crippen MR) is 77.5 cm³/mol. The van der Waals surface area contributed by atoms with E-state index in [0.717, 1.165) is 48.5 Å². The van der Waals surface area contributed by atoms with Gasteiger partial charge in [0.2, 0.25) is 0 Å². The molecule has 0 atom stereocenters. The van der Waals surface area contributed by atoms with Crippen molar-refractivity contribution in [2.75, 3.05) is 13.2 Å². The van der Waals surface area contributed by atoms with E-state index in [1.54, 1.807) is 6.26 Å². The van der Waals surface area contributed by atoms with Crippen molar-refractivity contribution in [3.8, 4) is 5.75 Å². The Labute approximate surface area is 121 Å². The van der Waals surface area contributed by atoms with Crippen molar-refractivity contribution in [1.82, 2.24) is 5.32 Å². The first-order chi connectivity index (χ1) is 9.33. The highest BCUT2D eigenvalue weighted by molar-refractivity contribution is 9.10. The van der Waals surface area contributed by atoms with Gasteiger partial charge in [0, 0.05) is 36.0 Å². The van der Waals surface area contributed by atoms with Crippen LogP contribution in [0.25, 0.3) is 0 Å². The molecule has 0 saturated heterocycles. The standard InChI is InChI=1S/C15H16BrNO2/c16-13-8-11-4-7-19-15(11)12(9-13)10-17-5-3-14-2-1-6-18-14/h1-2,6,8-9,17H,3-5,7,10H2. The first-order valence-electron chi connectivity index (χ1n) is 6.50. The average molecular weight is 322 g/mol. The Morgan fingerprint density at radius 3 is 3.11 bits per heavy atom. The van der Waals surface area contributed by atoms with Gasteiger partial charge in [0.1, 0.15) is 11.5 Å². The predicted octanol–water partition coefficient (Wildman–Crippen LogP) is 3.31. The quantitative estimate of drug-likeness (QED) is 0.858. The molecule has 1 aromatic heterocycles. The summed E-state index contributed by atoms with van der Waals surface area (Å²) < 4.78 is 12.1. The summed E-state index contributed by atoms with van der Waals surface area (Å²) in [5, 5.41) is 3.44. The van der Waals surface area contributed by atoms with Gasteiger partial charge in [-0.15, -0.1) is 0 Å². The second kappa shape index (κ2) is 5.80. The van der Waals surface area contributed by atoms with Gasteiger partial charge >= 0.3 is 0 Å². The molecular formula is C15H16BrNO2. The van der Waals surface area contributed by atoms with Gasteiger partial charge in [-0.25, -0.2) is 0 Å². The van der Waals surface area contributed by atoms with Gasteiger partial charge in [0.15, 0.2) is 0 Å². The fourth-order valence-electron chi connectivity index (χ4n) is 2.37. The van der Waals surface area contributed by atoms with E-state index in [1.807, 2.05) is 12.1 Å². The molecule has 0 amide bonds. The van der Waals surface area contributed by atoms with Crippen LogP contribution in [0.1, 0.15) is 16.9 Å². The molecule has 0 bridgehead atoms. The fourth-order valence-corrected chi connectivity index (χ4v) is 2.92. The normalized spacial score (nSPS) is 13.3. The van der Waals surface area contributed by atoms with Crippen LogP contribution < -0.4 is 10.1 Å². The smallest absolute Gasteiger partial charge is 0.127 e. The van der Waals surface area contributed by atoms with Crippen LogP contribution >= 0.6 is 15.9 Å². The summed E-state index contributed by atoms with van der Waals surface area (Å²) in [4.78, 5) is 0. The average Bonchev–Trinajstić information content (AvgIpc) is 3.04.